The van der Waals surface area contributed by atoms with Gasteiger partial charge < -0.3 is 10.4 Å². The van der Waals surface area contributed by atoms with Crippen molar-refractivity contribution in [1.29, 1.82) is 0 Å². The molecule has 2 N–H and O–H groups in total. The molecular formula is C7H16ClNO. The maximum Gasteiger partial charge on any atom is 0.0669 e. The van der Waals surface area contributed by atoms with E-state index in [9.17, 15) is 5.11 Å². The lowest BCUT2D eigenvalue weighted by Crippen LogP contribution is -2.46. The van der Waals surface area contributed by atoms with E-state index in [1.165, 1.54) is 0 Å². The van der Waals surface area contributed by atoms with E-state index in [0.717, 1.165) is 19.5 Å². The van der Waals surface area contributed by atoms with Crippen molar-refractivity contribution in [2.75, 3.05) is 13.1 Å². The first-order valence-corrected chi connectivity index (χ1v) is 3.56. The molecule has 0 aromatic heterocycles. The van der Waals surface area contributed by atoms with E-state index in [1.807, 2.05) is 6.92 Å². The Bertz CT molecular complexity index is 106. The molecule has 10 heavy (non-hydrogen) atoms. The summed E-state index contributed by atoms with van der Waals surface area (Å²) in [7, 11) is 0. The van der Waals surface area contributed by atoms with E-state index in [4.69, 9.17) is 0 Å². The summed E-state index contributed by atoms with van der Waals surface area (Å²) in [6, 6.07) is 0. The van der Waals surface area contributed by atoms with Crippen LogP contribution < -0.4 is 5.32 Å². The highest BCUT2D eigenvalue weighted by molar-refractivity contribution is 5.85. The second-order valence-electron chi connectivity index (χ2n) is 3.21. The first-order chi connectivity index (χ1) is 4.13. The lowest BCUT2D eigenvalue weighted by atomic mass is 9.85. The van der Waals surface area contributed by atoms with Gasteiger partial charge in [0.15, 0.2) is 0 Å². The first kappa shape index (κ1) is 10.2. The summed E-state index contributed by atoms with van der Waals surface area (Å²) in [6.07, 6.45) is 0.883. The molecule has 1 fully saturated rings. The average molecular weight is 166 g/mol. The quantitative estimate of drug-likeness (QED) is 0.557. The largest absolute Gasteiger partial charge is 0.390 e. The van der Waals surface area contributed by atoms with Gasteiger partial charge in [-0.05, 0) is 25.8 Å². The average Bonchev–Trinajstić information content (AvgIpc) is 1.77. The Labute approximate surface area is 68.4 Å². The van der Waals surface area contributed by atoms with Crippen LogP contribution in [0.25, 0.3) is 0 Å². The number of hydrogen-bond donors (Lipinski definition) is 2. The summed E-state index contributed by atoms with van der Waals surface area (Å²) in [6.45, 7) is 5.90. The van der Waals surface area contributed by atoms with Gasteiger partial charge in [-0.15, -0.1) is 12.4 Å². The molecule has 1 aliphatic rings. The SMILES string of the molecule is CC1CNCCC1(C)O.Cl. The molecule has 1 aliphatic heterocycles. The van der Waals surface area contributed by atoms with Crippen LogP contribution in [0.15, 0.2) is 0 Å². The van der Waals surface area contributed by atoms with E-state index in [2.05, 4.69) is 12.2 Å². The van der Waals surface area contributed by atoms with Crippen molar-refractivity contribution in [2.45, 2.75) is 25.9 Å². The standard InChI is InChI=1S/C7H15NO.ClH/c1-6-5-8-4-3-7(6,2)9;/h6,8-9H,3-5H2,1-2H3;1H. The van der Waals surface area contributed by atoms with Crippen LogP contribution in [-0.2, 0) is 0 Å². The van der Waals surface area contributed by atoms with Gasteiger partial charge in [0.25, 0.3) is 0 Å². The van der Waals surface area contributed by atoms with Crippen molar-refractivity contribution in [3.05, 3.63) is 0 Å². The number of aliphatic hydroxyl groups is 1. The predicted molar refractivity (Wildman–Crippen MR) is 44.5 cm³/mol. The van der Waals surface area contributed by atoms with E-state index < -0.39 is 5.60 Å². The molecule has 0 amide bonds. The summed E-state index contributed by atoms with van der Waals surface area (Å²) in [5.74, 6) is 0.395. The van der Waals surface area contributed by atoms with E-state index in [0.29, 0.717) is 5.92 Å². The molecule has 62 valence electrons. The van der Waals surface area contributed by atoms with Crippen LogP contribution in [0, 0.1) is 5.92 Å². The lowest BCUT2D eigenvalue weighted by molar-refractivity contribution is -0.0160. The van der Waals surface area contributed by atoms with Crippen molar-refractivity contribution < 1.29 is 5.11 Å². The molecule has 2 atom stereocenters. The lowest BCUT2D eigenvalue weighted by Gasteiger charge is -2.35. The zero-order valence-corrected chi connectivity index (χ0v) is 7.37. The van der Waals surface area contributed by atoms with Crippen LogP contribution in [0.1, 0.15) is 20.3 Å². The van der Waals surface area contributed by atoms with Crippen molar-refractivity contribution in [1.82, 2.24) is 5.32 Å². The molecule has 2 nitrogen and oxygen atoms in total. The van der Waals surface area contributed by atoms with Crippen LogP contribution in [0.5, 0.6) is 0 Å². The zero-order valence-electron chi connectivity index (χ0n) is 6.55. The second kappa shape index (κ2) is 3.56. The molecule has 0 radical (unpaired) electrons. The maximum atomic E-state index is 9.60. The van der Waals surface area contributed by atoms with Gasteiger partial charge >= 0.3 is 0 Å². The van der Waals surface area contributed by atoms with Crippen LogP contribution in [0.4, 0.5) is 0 Å². The molecule has 0 aromatic carbocycles. The number of rotatable bonds is 0. The first-order valence-electron chi connectivity index (χ1n) is 3.56. The summed E-state index contributed by atoms with van der Waals surface area (Å²) in [4.78, 5) is 0. The normalized spacial score (nSPS) is 40.5. The molecule has 0 aliphatic carbocycles. The molecule has 0 saturated carbocycles. The Kier molecular flexibility index (Phi) is 3.63. The molecule has 0 aromatic rings. The van der Waals surface area contributed by atoms with Gasteiger partial charge in [-0.3, -0.25) is 0 Å². The van der Waals surface area contributed by atoms with Gasteiger partial charge in [0.1, 0.15) is 0 Å². The van der Waals surface area contributed by atoms with Gasteiger partial charge in [0.2, 0.25) is 0 Å². The monoisotopic (exact) mass is 165 g/mol. The van der Waals surface area contributed by atoms with E-state index >= 15 is 0 Å². The number of halogens is 1. The van der Waals surface area contributed by atoms with Gasteiger partial charge in [-0.25, -0.2) is 0 Å². The topological polar surface area (TPSA) is 32.3 Å². The third kappa shape index (κ3) is 2.11. The molecule has 0 spiro atoms. The van der Waals surface area contributed by atoms with Crippen LogP contribution in [-0.4, -0.2) is 23.8 Å². The van der Waals surface area contributed by atoms with Crippen molar-refractivity contribution in [2.24, 2.45) is 5.92 Å². The summed E-state index contributed by atoms with van der Waals surface area (Å²) >= 11 is 0. The van der Waals surface area contributed by atoms with Crippen molar-refractivity contribution >= 4 is 12.4 Å². The van der Waals surface area contributed by atoms with Crippen LogP contribution in [0.2, 0.25) is 0 Å². The molecule has 3 heteroatoms. The molecule has 2 unspecified atom stereocenters. The molecular weight excluding hydrogens is 150 g/mol. The number of hydrogen-bond acceptors (Lipinski definition) is 2. The van der Waals surface area contributed by atoms with Gasteiger partial charge in [0, 0.05) is 6.54 Å². The number of piperidine rings is 1. The Hall–Kier alpha value is 0.210. The summed E-state index contributed by atoms with van der Waals surface area (Å²) in [5.41, 5.74) is -0.425. The highest BCUT2D eigenvalue weighted by atomic mass is 35.5. The Morgan fingerprint density at radius 2 is 2.20 bits per heavy atom. The summed E-state index contributed by atoms with van der Waals surface area (Å²) < 4.78 is 0. The highest BCUT2D eigenvalue weighted by Gasteiger charge is 2.30. The van der Waals surface area contributed by atoms with Crippen molar-refractivity contribution in [3.63, 3.8) is 0 Å². The van der Waals surface area contributed by atoms with Crippen molar-refractivity contribution in [3.8, 4) is 0 Å². The number of nitrogens with one attached hydrogen (secondary N) is 1. The van der Waals surface area contributed by atoms with E-state index in [1.54, 1.807) is 0 Å². The minimum absolute atomic E-state index is 0. The van der Waals surface area contributed by atoms with Crippen LogP contribution in [0.3, 0.4) is 0 Å². The Morgan fingerprint density at radius 3 is 2.50 bits per heavy atom. The highest BCUT2D eigenvalue weighted by Crippen LogP contribution is 2.22. The third-order valence-electron chi connectivity index (χ3n) is 2.32. The van der Waals surface area contributed by atoms with E-state index in [-0.39, 0.29) is 12.4 Å². The van der Waals surface area contributed by atoms with Crippen LogP contribution >= 0.6 is 12.4 Å². The third-order valence-corrected chi connectivity index (χ3v) is 2.32. The fourth-order valence-electron chi connectivity index (χ4n) is 1.13. The minimum atomic E-state index is -0.425. The fourth-order valence-corrected chi connectivity index (χ4v) is 1.13. The van der Waals surface area contributed by atoms with Gasteiger partial charge in [-0.1, -0.05) is 6.92 Å². The minimum Gasteiger partial charge on any atom is -0.390 e. The molecule has 1 heterocycles. The zero-order chi connectivity index (χ0) is 6.91. The summed E-state index contributed by atoms with van der Waals surface area (Å²) in [5, 5.41) is 12.8. The fraction of sp³-hybridized carbons (Fsp3) is 1.00. The molecule has 1 saturated heterocycles. The maximum absolute atomic E-state index is 9.60. The van der Waals surface area contributed by atoms with Gasteiger partial charge in [-0.2, -0.15) is 0 Å². The smallest absolute Gasteiger partial charge is 0.0669 e. The Morgan fingerprint density at radius 1 is 1.60 bits per heavy atom. The Balaban J connectivity index is 0.000000810. The van der Waals surface area contributed by atoms with Gasteiger partial charge in [0.05, 0.1) is 5.60 Å². The predicted octanol–water partition coefficient (Wildman–Crippen LogP) is 0.789. The molecule has 1 rings (SSSR count). The molecule has 0 bridgehead atoms. The second-order valence-corrected chi connectivity index (χ2v) is 3.21.